The number of nitro groups is 1. The first-order valence-corrected chi connectivity index (χ1v) is 7.89. The molecule has 0 bridgehead atoms. The minimum absolute atomic E-state index is 0.183. The Morgan fingerprint density at radius 1 is 1.32 bits per heavy atom. The molecule has 0 atom stereocenters. The number of benzene rings is 1. The summed E-state index contributed by atoms with van der Waals surface area (Å²) in [6, 6.07) is 9.76. The molecule has 2 aromatic heterocycles. The van der Waals surface area contributed by atoms with Gasteiger partial charge in [-0.25, -0.2) is 9.36 Å². The minimum Gasteiger partial charge on any atom is -0.399 e. The normalized spacial score (nSPS) is 10.9. The molecule has 0 saturated heterocycles. The first kappa shape index (κ1) is 16.3. The Bertz CT molecular complexity index is 996. The number of rotatable bonds is 5. The van der Waals surface area contributed by atoms with Crippen molar-refractivity contribution in [3.05, 3.63) is 73.5 Å². The van der Waals surface area contributed by atoms with Gasteiger partial charge in [0.1, 0.15) is 10.6 Å². The van der Waals surface area contributed by atoms with Crippen LogP contribution >= 0.6 is 11.3 Å². The molecule has 0 aliphatic heterocycles. The number of hydrogen-bond acceptors (Lipinski definition) is 7. The van der Waals surface area contributed by atoms with Crippen molar-refractivity contribution >= 4 is 34.6 Å². The summed E-state index contributed by atoms with van der Waals surface area (Å²) in [6.45, 7) is 0. The lowest BCUT2D eigenvalue weighted by atomic mass is 10.2. The van der Waals surface area contributed by atoms with Gasteiger partial charge in [-0.2, -0.15) is 10.1 Å². The van der Waals surface area contributed by atoms with Gasteiger partial charge in [0.25, 0.3) is 5.69 Å². The molecule has 3 rings (SSSR count). The fourth-order valence-electron chi connectivity index (χ4n) is 2.11. The van der Waals surface area contributed by atoms with E-state index in [0.717, 1.165) is 11.3 Å². The zero-order chi connectivity index (χ0) is 17.8. The second-order valence-corrected chi connectivity index (χ2v) is 5.93. The first-order valence-electron chi connectivity index (χ1n) is 7.07. The maximum atomic E-state index is 11.7. The number of nitrogen functional groups attached to an aromatic ring is 1. The van der Waals surface area contributed by atoms with Crippen molar-refractivity contribution in [2.75, 3.05) is 11.2 Å². The van der Waals surface area contributed by atoms with E-state index in [9.17, 15) is 14.9 Å². The van der Waals surface area contributed by atoms with Crippen molar-refractivity contribution < 1.29 is 9.49 Å². The summed E-state index contributed by atoms with van der Waals surface area (Å²) >= 11 is 0.982. The zero-order valence-corrected chi connectivity index (χ0v) is 13.6. The van der Waals surface area contributed by atoms with E-state index in [1.807, 2.05) is 18.2 Å². The van der Waals surface area contributed by atoms with Gasteiger partial charge in [0.2, 0.25) is 0 Å². The first-order chi connectivity index (χ1) is 12.0. The van der Waals surface area contributed by atoms with Gasteiger partial charge in [-0.05, 0) is 35.6 Å². The highest BCUT2D eigenvalue weighted by Crippen LogP contribution is 2.26. The molecule has 3 aromatic rings. The van der Waals surface area contributed by atoms with Gasteiger partial charge < -0.3 is 5.73 Å². The number of nitrogens with one attached hydrogen (secondary N) is 2. The summed E-state index contributed by atoms with van der Waals surface area (Å²) in [4.78, 5) is 25.2. The third-order valence-electron chi connectivity index (χ3n) is 3.22. The monoisotopic (exact) mass is 357 g/mol. The number of aromatic amines is 1. The van der Waals surface area contributed by atoms with E-state index in [0.29, 0.717) is 10.7 Å². The summed E-state index contributed by atoms with van der Waals surface area (Å²) in [7, 11) is 0. The number of hydrazone groups is 1. The van der Waals surface area contributed by atoms with E-state index >= 15 is 0 Å². The van der Waals surface area contributed by atoms with Crippen LogP contribution in [0.3, 0.4) is 0 Å². The number of pyridine rings is 1. The minimum atomic E-state index is -0.547. The van der Waals surface area contributed by atoms with Crippen LogP contribution < -0.4 is 20.6 Å². The molecule has 0 radical (unpaired) electrons. The highest BCUT2D eigenvalue weighted by molar-refractivity contribution is 7.11. The molecule has 9 nitrogen and oxygen atoms in total. The predicted octanol–water partition coefficient (Wildman–Crippen LogP) is 1.65. The van der Waals surface area contributed by atoms with Crippen LogP contribution in [-0.2, 0) is 0 Å². The number of H-pyrrole nitrogens is 1. The lowest BCUT2D eigenvalue weighted by Gasteiger charge is -2.02. The Hall–Kier alpha value is -3.53. The fraction of sp³-hybridized carbons (Fsp3) is 0. The molecule has 25 heavy (non-hydrogen) atoms. The molecule has 1 aromatic carbocycles. The molecule has 0 fully saturated rings. The van der Waals surface area contributed by atoms with E-state index < -0.39 is 4.92 Å². The summed E-state index contributed by atoms with van der Waals surface area (Å²) in [5, 5.41) is 15.1. The van der Waals surface area contributed by atoms with Crippen molar-refractivity contribution in [3.63, 3.8) is 0 Å². The van der Waals surface area contributed by atoms with Gasteiger partial charge in [-0.15, -0.1) is 0 Å². The van der Waals surface area contributed by atoms with Crippen LogP contribution in [0.4, 0.5) is 17.1 Å². The Kier molecular flexibility index (Phi) is 4.53. The molecule has 0 saturated carbocycles. The van der Waals surface area contributed by atoms with Gasteiger partial charge in [0.05, 0.1) is 23.5 Å². The Morgan fingerprint density at radius 2 is 2.08 bits per heavy atom. The van der Waals surface area contributed by atoms with Crippen LogP contribution in [-0.4, -0.2) is 16.1 Å². The molecular weight excluding hydrogens is 344 g/mol. The van der Waals surface area contributed by atoms with Crippen molar-refractivity contribution in [1.82, 2.24) is 4.98 Å². The van der Waals surface area contributed by atoms with E-state index in [2.05, 4.69) is 15.5 Å². The van der Waals surface area contributed by atoms with Crippen molar-refractivity contribution in [2.45, 2.75) is 0 Å². The molecule has 0 aliphatic rings. The summed E-state index contributed by atoms with van der Waals surface area (Å²) in [5.41, 5.74) is 8.48. The topological polar surface area (TPSA) is 130 Å². The summed E-state index contributed by atoms with van der Waals surface area (Å²) in [6.07, 6.45) is 5.00. The fourth-order valence-corrected chi connectivity index (χ4v) is 2.82. The van der Waals surface area contributed by atoms with Crippen molar-refractivity contribution in [1.29, 1.82) is 0 Å². The third kappa shape index (κ3) is 3.70. The van der Waals surface area contributed by atoms with Crippen molar-refractivity contribution in [3.8, 4) is 5.82 Å². The van der Waals surface area contributed by atoms with Crippen LogP contribution in [0, 0.1) is 10.1 Å². The van der Waals surface area contributed by atoms with Crippen LogP contribution in [0.2, 0.25) is 0 Å². The maximum absolute atomic E-state index is 11.7. The Morgan fingerprint density at radius 3 is 2.80 bits per heavy atom. The number of nitrogens with zero attached hydrogens (tertiary/aromatic N) is 3. The SMILES string of the molecule is Nc1ccc(NN=Cc2sc(=O)[nH]c2-[n+]2ccccc2)c([N+](=O)[O-])c1. The molecule has 0 spiro atoms. The molecule has 4 N–H and O–H groups in total. The molecule has 0 amide bonds. The molecular formula is C15H13N6O3S+. The maximum Gasteiger partial charge on any atom is 0.390 e. The quantitative estimate of drug-likeness (QED) is 0.210. The van der Waals surface area contributed by atoms with Gasteiger partial charge in [0.15, 0.2) is 0 Å². The standard InChI is InChI=1S/C15H12N6O3S/c16-10-4-5-11(12(8-10)21(23)24)19-17-9-13-14(18-15(22)25-13)20-6-2-1-3-7-20/h1-9,19H,16H2/p+1. The highest BCUT2D eigenvalue weighted by atomic mass is 32.1. The number of nitro benzene ring substituents is 1. The Labute approximate surface area is 145 Å². The second-order valence-electron chi connectivity index (χ2n) is 4.91. The molecule has 2 heterocycles. The van der Waals surface area contributed by atoms with Crippen molar-refractivity contribution in [2.24, 2.45) is 5.10 Å². The number of nitrogens with two attached hydrogens (primary N) is 1. The average molecular weight is 357 g/mol. The number of thiazole rings is 1. The molecule has 126 valence electrons. The van der Waals surface area contributed by atoms with Gasteiger partial charge in [-0.3, -0.25) is 15.5 Å². The molecule has 10 heteroatoms. The highest BCUT2D eigenvalue weighted by Gasteiger charge is 2.16. The van der Waals surface area contributed by atoms with Crippen LogP contribution in [0.15, 0.2) is 58.7 Å². The number of anilines is 2. The van der Waals surface area contributed by atoms with E-state index in [4.69, 9.17) is 5.73 Å². The smallest absolute Gasteiger partial charge is 0.390 e. The number of aromatic nitrogens is 2. The van der Waals surface area contributed by atoms with Gasteiger partial charge >= 0.3 is 10.7 Å². The van der Waals surface area contributed by atoms with E-state index in [1.165, 1.54) is 24.4 Å². The number of hydrogen-bond donors (Lipinski definition) is 3. The summed E-state index contributed by atoms with van der Waals surface area (Å²) in [5.74, 6) is 0.563. The van der Waals surface area contributed by atoms with Crippen LogP contribution in [0.25, 0.3) is 5.82 Å². The van der Waals surface area contributed by atoms with E-state index in [-0.39, 0.29) is 21.9 Å². The molecule has 0 unspecified atom stereocenters. The van der Waals surface area contributed by atoms with E-state index in [1.54, 1.807) is 17.0 Å². The van der Waals surface area contributed by atoms with Crippen LogP contribution in [0.5, 0.6) is 0 Å². The average Bonchev–Trinajstić information content (AvgIpc) is 2.97. The van der Waals surface area contributed by atoms with Gasteiger partial charge in [-0.1, -0.05) is 6.07 Å². The lowest BCUT2D eigenvalue weighted by Crippen LogP contribution is -2.31. The predicted molar refractivity (Wildman–Crippen MR) is 95.2 cm³/mol. The largest absolute Gasteiger partial charge is 0.399 e. The van der Waals surface area contributed by atoms with Crippen LogP contribution in [0.1, 0.15) is 4.88 Å². The Balaban J connectivity index is 1.87. The molecule has 0 aliphatic carbocycles. The lowest BCUT2D eigenvalue weighted by molar-refractivity contribution is -0.599. The zero-order valence-electron chi connectivity index (χ0n) is 12.7. The third-order valence-corrected chi connectivity index (χ3v) is 4.02. The second kappa shape index (κ2) is 6.93. The van der Waals surface area contributed by atoms with Gasteiger partial charge in [0, 0.05) is 11.8 Å². The summed E-state index contributed by atoms with van der Waals surface area (Å²) < 4.78 is 1.74.